The molecular formula is C19H16F2N4O. The Labute approximate surface area is 149 Å². The molecule has 0 bridgehead atoms. The van der Waals surface area contributed by atoms with Crippen molar-refractivity contribution in [2.75, 3.05) is 17.2 Å². The van der Waals surface area contributed by atoms with E-state index in [1.807, 2.05) is 0 Å². The maximum atomic E-state index is 13.6. The fourth-order valence-electron chi connectivity index (χ4n) is 2.33. The zero-order valence-corrected chi connectivity index (χ0v) is 13.7. The van der Waals surface area contributed by atoms with Crippen molar-refractivity contribution in [2.24, 2.45) is 0 Å². The second-order valence-electron chi connectivity index (χ2n) is 5.52. The van der Waals surface area contributed by atoms with Crippen molar-refractivity contribution in [3.05, 3.63) is 83.8 Å². The van der Waals surface area contributed by atoms with Gasteiger partial charge in [0.2, 0.25) is 0 Å². The van der Waals surface area contributed by atoms with Crippen LogP contribution >= 0.6 is 0 Å². The molecule has 3 rings (SSSR count). The third-order valence-electron chi connectivity index (χ3n) is 3.66. The number of halogens is 2. The van der Waals surface area contributed by atoms with Crippen LogP contribution in [0, 0.1) is 11.6 Å². The van der Waals surface area contributed by atoms with E-state index in [2.05, 4.69) is 20.6 Å². The molecule has 0 aliphatic rings. The number of amides is 1. The minimum atomic E-state index is -0.434. The van der Waals surface area contributed by atoms with Crippen molar-refractivity contribution < 1.29 is 13.6 Å². The van der Waals surface area contributed by atoms with Crippen LogP contribution in [0.25, 0.3) is 0 Å². The first-order valence-electron chi connectivity index (χ1n) is 7.98. The number of anilines is 2. The van der Waals surface area contributed by atoms with Crippen molar-refractivity contribution in [3.63, 3.8) is 0 Å². The van der Waals surface area contributed by atoms with Crippen molar-refractivity contribution in [1.29, 1.82) is 0 Å². The summed E-state index contributed by atoms with van der Waals surface area (Å²) in [6.07, 6.45) is 1.75. The highest BCUT2D eigenvalue weighted by Gasteiger charge is 2.09. The highest BCUT2D eigenvalue weighted by atomic mass is 19.1. The molecule has 0 spiro atoms. The van der Waals surface area contributed by atoms with Gasteiger partial charge in [0.25, 0.3) is 5.91 Å². The Morgan fingerprint density at radius 1 is 1.00 bits per heavy atom. The molecule has 0 aliphatic heterocycles. The van der Waals surface area contributed by atoms with Crippen molar-refractivity contribution in [1.82, 2.24) is 9.97 Å². The predicted molar refractivity (Wildman–Crippen MR) is 95.0 cm³/mol. The van der Waals surface area contributed by atoms with Gasteiger partial charge in [-0.1, -0.05) is 18.2 Å². The number of carbonyl (C=O) groups is 1. The summed E-state index contributed by atoms with van der Waals surface area (Å²) < 4.78 is 26.5. The van der Waals surface area contributed by atoms with Crippen molar-refractivity contribution >= 4 is 17.4 Å². The Morgan fingerprint density at radius 3 is 2.54 bits per heavy atom. The fourth-order valence-corrected chi connectivity index (χ4v) is 2.33. The highest BCUT2D eigenvalue weighted by molar-refractivity contribution is 6.03. The second-order valence-corrected chi connectivity index (χ2v) is 5.52. The number of hydrogen-bond donors (Lipinski definition) is 2. The molecule has 1 heterocycles. The highest BCUT2D eigenvalue weighted by Crippen LogP contribution is 2.12. The topological polar surface area (TPSA) is 66.9 Å². The lowest BCUT2D eigenvalue weighted by Gasteiger charge is -2.08. The molecule has 1 aromatic heterocycles. The van der Waals surface area contributed by atoms with Gasteiger partial charge < -0.3 is 10.6 Å². The summed E-state index contributed by atoms with van der Waals surface area (Å²) in [5.74, 6) is -0.612. The van der Waals surface area contributed by atoms with Crippen LogP contribution in [-0.2, 0) is 6.42 Å². The molecule has 0 aliphatic carbocycles. The van der Waals surface area contributed by atoms with Gasteiger partial charge in [0.05, 0.1) is 0 Å². The minimum absolute atomic E-state index is 0.165. The van der Waals surface area contributed by atoms with E-state index in [4.69, 9.17) is 0 Å². The Bertz CT molecular complexity index is 900. The van der Waals surface area contributed by atoms with E-state index in [1.54, 1.807) is 18.2 Å². The number of rotatable bonds is 6. The maximum absolute atomic E-state index is 13.6. The molecule has 0 saturated carbocycles. The van der Waals surface area contributed by atoms with E-state index in [1.165, 1.54) is 42.7 Å². The van der Waals surface area contributed by atoms with Gasteiger partial charge >= 0.3 is 0 Å². The van der Waals surface area contributed by atoms with Gasteiger partial charge in [-0.05, 0) is 42.3 Å². The lowest BCUT2D eigenvalue weighted by molar-refractivity contribution is 0.102. The van der Waals surface area contributed by atoms with E-state index in [-0.39, 0.29) is 17.3 Å². The van der Waals surface area contributed by atoms with Gasteiger partial charge in [0.1, 0.15) is 29.5 Å². The Balaban J connectivity index is 1.59. The molecular weight excluding hydrogens is 338 g/mol. The number of benzene rings is 2. The smallest absolute Gasteiger partial charge is 0.274 e. The average molecular weight is 354 g/mol. The van der Waals surface area contributed by atoms with Crippen LogP contribution in [0.4, 0.5) is 20.3 Å². The van der Waals surface area contributed by atoms with Crippen molar-refractivity contribution in [3.8, 4) is 0 Å². The molecule has 0 atom stereocenters. The number of nitrogens with zero attached hydrogens (tertiary/aromatic N) is 2. The van der Waals surface area contributed by atoms with E-state index >= 15 is 0 Å². The Morgan fingerprint density at radius 2 is 1.77 bits per heavy atom. The van der Waals surface area contributed by atoms with Gasteiger partial charge in [-0.25, -0.2) is 18.7 Å². The molecule has 0 saturated heterocycles. The maximum Gasteiger partial charge on any atom is 0.274 e. The molecule has 3 aromatic rings. The first kappa shape index (κ1) is 17.5. The largest absolute Gasteiger partial charge is 0.370 e. The summed E-state index contributed by atoms with van der Waals surface area (Å²) in [6.45, 7) is 0.455. The van der Waals surface area contributed by atoms with Gasteiger partial charge in [0.15, 0.2) is 0 Å². The van der Waals surface area contributed by atoms with Gasteiger partial charge in [-0.3, -0.25) is 4.79 Å². The lowest BCUT2D eigenvalue weighted by Crippen LogP contribution is -2.15. The number of carbonyl (C=O) groups excluding carboxylic acids is 1. The molecule has 7 heteroatoms. The summed E-state index contributed by atoms with van der Waals surface area (Å²) in [6, 6.07) is 13.5. The molecule has 5 nitrogen and oxygen atoms in total. The molecule has 1 amide bonds. The van der Waals surface area contributed by atoms with Crippen molar-refractivity contribution in [2.45, 2.75) is 6.42 Å². The first-order chi connectivity index (χ1) is 12.6. The minimum Gasteiger partial charge on any atom is -0.370 e. The molecule has 132 valence electrons. The third kappa shape index (κ3) is 4.60. The average Bonchev–Trinajstić information content (AvgIpc) is 2.65. The summed E-state index contributed by atoms with van der Waals surface area (Å²) >= 11 is 0. The molecule has 0 radical (unpaired) electrons. The fraction of sp³-hybridized carbons (Fsp3) is 0.105. The summed E-state index contributed by atoms with van der Waals surface area (Å²) in [5, 5.41) is 5.67. The SMILES string of the molecule is O=C(Nc1ccc(F)cc1)c1cc(NCCc2ccccc2F)ncn1. The quantitative estimate of drug-likeness (QED) is 0.709. The summed E-state index contributed by atoms with van der Waals surface area (Å²) in [4.78, 5) is 20.2. The molecule has 2 N–H and O–H groups in total. The van der Waals surface area contributed by atoms with Crippen LogP contribution in [0.3, 0.4) is 0 Å². The van der Waals surface area contributed by atoms with Crippen LogP contribution < -0.4 is 10.6 Å². The van der Waals surface area contributed by atoms with E-state index in [0.29, 0.717) is 30.0 Å². The van der Waals surface area contributed by atoms with Gasteiger partial charge in [-0.2, -0.15) is 0 Å². The zero-order valence-electron chi connectivity index (χ0n) is 13.7. The van der Waals surface area contributed by atoms with Crippen LogP contribution in [0.1, 0.15) is 16.1 Å². The van der Waals surface area contributed by atoms with Crippen LogP contribution in [-0.4, -0.2) is 22.4 Å². The predicted octanol–water partition coefficient (Wildman–Crippen LogP) is 3.66. The summed E-state index contributed by atoms with van der Waals surface area (Å²) in [7, 11) is 0. The molecule has 0 fully saturated rings. The summed E-state index contributed by atoms with van der Waals surface area (Å²) in [5.41, 5.74) is 1.23. The van der Waals surface area contributed by atoms with Crippen LogP contribution in [0.5, 0.6) is 0 Å². The Kier molecular flexibility index (Phi) is 5.48. The van der Waals surface area contributed by atoms with E-state index in [9.17, 15) is 13.6 Å². The second kappa shape index (κ2) is 8.15. The number of aromatic nitrogens is 2. The zero-order chi connectivity index (χ0) is 18.4. The molecule has 26 heavy (non-hydrogen) atoms. The molecule has 2 aromatic carbocycles. The number of nitrogens with one attached hydrogen (secondary N) is 2. The standard InChI is InChI=1S/C19H16F2N4O/c20-14-5-7-15(8-6-14)25-19(26)17-11-18(24-12-23-17)22-10-9-13-3-1-2-4-16(13)21/h1-8,11-12H,9-10H2,(H,25,26)(H,22,23,24). The number of hydrogen-bond acceptors (Lipinski definition) is 4. The molecule has 0 unspecified atom stereocenters. The van der Waals surface area contributed by atoms with E-state index < -0.39 is 5.91 Å². The van der Waals surface area contributed by atoms with Gasteiger partial charge in [-0.15, -0.1) is 0 Å². The normalized spacial score (nSPS) is 10.4. The third-order valence-corrected chi connectivity index (χ3v) is 3.66. The first-order valence-corrected chi connectivity index (χ1v) is 7.98. The van der Waals surface area contributed by atoms with Gasteiger partial charge in [0, 0.05) is 18.3 Å². The monoisotopic (exact) mass is 354 g/mol. The van der Waals surface area contributed by atoms with Crippen LogP contribution in [0.2, 0.25) is 0 Å². The van der Waals surface area contributed by atoms with Crippen LogP contribution in [0.15, 0.2) is 60.9 Å². The lowest BCUT2D eigenvalue weighted by atomic mass is 10.1. The Hall–Kier alpha value is -3.35. The van der Waals surface area contributed by atoms with E-state index in [0.717, 1.165) is 0 Å².